The van der Waals surface area contributed by atoms with E-state index in [1.54, 1.807) is 12.1 Å². The molecule has 0 saturated carbocycles. The zero-order chi connectivity index (χ0) is 19.8. The lowest BCUT2D eigenvalue weighted by Crippen LogP contribution is -2.44. The Morgan fingerprint density at radius 3 is 2.63 bits per heavy atom. The molecule has 1 aliphatic rings. The van der Waals surface area contributed by atoms with Crippen molar-refractivity contribution in [1.82, 2.24) is 9.84 Å². The van der Waals surface area contributed by atoms with Gasteiger partial charge in [0.15, 0.2) is 0 Å². The molecule has 0 radical (unpaired) electrons. The van der Waals surface area contributed by atoms with Crippen LogP contribution in [0, 0.1) is 0 Å². The smallest absolute Gasteiger partial charge is 0.335 e. The summed E-state index contributed by atoms with van der Waals surface area (Å²) in [6.07, 6.45) is 0. The molecule has 1 unspecified atom stereocenters. The van der Waals surface area contributed by atoms with Crippen molar-refractivity contribution in [2.75, 3.05) is 5.75 Å². The SMILES string of the molecule is O=C(O)c1cccc(S(=O)(=O)NN2C(=O)CSC2c2ccc(Cl)cc2Cl)c1. The summed E-state index contributed by atoms with van der Waals surface area (Å²) < 4.78 is 25.3. The first-order chi connectivity index (χ1) is 12.7. The molecule has 0 aliphatic carbocycles. The Bertz CT molecular complexity index is 1030. The lowest BCUT2D eigenvalue weighted by atomic mass is 10.2. The summed E-state index contributed by atoms with van der Waals surface area (Å²) in [4.78, 5) is 25.3. The molecule has 2 aromatic carbocycles. The number of nitrogens with zero attached hydrogens (tertiary/aromatic N) is 1. The molecule has 1 fully saturated rings. The molecule has 1 aliphatic heterocycles. The molecule has 7 nitrogen and oxygen atoms in total. The highest BCUT2D eigenvalue weighted by Gasteiger charge is 2.37. The molecule has 3 rings (SSSR count). The number of carboxylic acid groups (broad SMARTS) is 1. The van der Waals surface area contributed by atoms with E-state index in [0.29, 0.717) is 15.6 Å². The molecule has 27 heavy (non-hydrogen) atoms. The Morgan fingerprint density at radius 2 is 1.96 bits per heavy atom. The number of rotatable bonds is 5. The third-order valence-corrected chi connectivity index (χ3v) is 6.77. The Morgan fingerprint density at radius 1 is 1.22 bits per heavy atom. The van der Waals surface area contributed by atoms with Gasteiger partial charge in [0, 0.05) is 15.6 Å². The molecule has 0 bridgehead atoms. The second-order valence-electron chi connectivity index (χ2n) is 5.52. The molecular formula is C16H12Cl2N2O5S2. The van der Waals surface area contributed by atoms with Gasteiger partial charge in [-0.05, 0) is 30.3 Å². The van der Waals surface area contributed by atoms with Crippen LogP contribution >= 0.6 is 35.0 Å². The first kappa shape index (κ1) is 20.0. The zero-order valence-electron chi connectivity index (χ0n) is 13.4. The van der Waals surface area contributed by atoms with Gasteiger partial charge in [-0.25, -0.2) is 18.2 Å². The van der Waals surface area contributed by atoms with Crippen LogP contribution in [0.2, 0.25) is 10.0 Å². The van der Waals surface area contributed by atoms with Crippen molar-refractivity contribution in [3.05, 3.63) is 63.6 Å². The van der Waals surface area contributed by atoms with Gasteiger partial charge in [-0.15, -0.1) is 16.6 Å². The predicted molar refractivity (Wildman–Crippen MR) is 102 cm³/mol. The fourth-order valence-corrected chi connectivity index (χ4v) is 5.33. The number of benzene rings is 2. The van der Waals surface area contributed by atoms with E-state index in [1.165, 1.54) is 36.0 Å². The minimum absolute atomic E-state index is 0.0569. The number of thioether (sulfide) groups is 1. The number of aromatic carboxylic acids is 1. The average Bonchev–Trinajstić information content (AvgIpc) is 2.95. The highest BCUT2D eigenvalue weighted by Crippen LogP contribution is 2.41. The van der Waals surface area contributed by atoms with Crippen LogP contribution in [0.5, 0.6) is 0 Å². The number of carbonyl (C=O) groups excluding carboxylic acids is 1. The van der Waals surface area contributed by atoms with Crippen LogP contribution in [0.3, 0.4) is 0 Å². The Labute approximate surface area is 169 Å². The highest BCUT2D eigenvalue weighted by atomic mass is 35.5. The number of hydrazine groups is 1. The third-order valence-electron chi connectivity index (χ3n) is 3.71. The lowest BCUT2D eigenvalue weighted by molar-refractivity contribution is -0.129. The van der Waals surface area contributed by atoms with E-state index in [4.69, 9.17) is 28.3 Å². The number of carboxylic acids is 1. The van der Waals surface area contributed by atoms with Gasteiger partial charge >= 0.3 is 5.97 Å². The summed E-state index contributed by atoms with van der Waals surface area (Å²) in [6, 6.07) is 9.56. The quantitative estimate of drug-likeness (QED) is 0.730. The minimum atomic E-state index is -4.19. The predicted octanol–water partition coefficient (Wildman–Crippen LogP) is 3.16. The first-order valence-electron chi connectivity index (χ1n) is 7.43. The van der Waals surface area contributed by atoms with Crippen LogP contribution in [0.15, 0.2) is 47.4 Å². The van der Waals surface area contributed by atoms with E-state index in [-0.39, 0.29) is 16.2 Å². The van der Waals surface area contributed by atoms with Crippen LogP contribution in [0.1, 0.15) is 21.3 Å². The van der Waals surface area contributed by atoms with E-state index in [9.17, 15) is 18.0 Å². The first-order valence-corrected chi connectivity index (χ1v) is 10.7. The molecule has 0 aromatic heterocycles. The monoisotopic (exact) mass is 446 g/mol. The molecule has 1 heterocycles. The second-order valence-corrected chi connectivity index (χ2v) is 9.09. The Hall–Kier alpha value is -1.78. The maximum absolute atomic E-state index is 12.7. The van der Waals surface area contributed by atoms with Crippen molar-refractivity contribution in [2.45, 2.75) is 10.3 Å². The molecule has 1 saturated heterocycles. The number of halogens is 2. The van der Waals surface area contributed by atoms with Crippen LogP contribution < -0.4 is 4.83 Å². The van der Waals surface area contributed by atoms with Crippen molar-refractivity contribution in [1.29, 1.82) is 0 Å². The molecule has 1 amide bonds. The van der Waals surface area contributed by atoms with Crippen LogP contribution in [-0.4, -0.2) is 36.2 Å². The lowest BCUT2D eigenvalue weighted by Gasteiger charge is -2.25. The minimum Gasteiger partial charge on any atom is -0.478 e. The van der Waals surface area contributed by atoms with Crippen LogP contribution in [-0.2, 0) is 14.8 Å². The largest absolute Gasteiger partial charge is 0.478 e. The van der Waals surface area contributed by atoms with Gasteiger partial charge in [-0.2, -0.15) is 0 Å². The van der Waals surface area contributed by atoms with Gasteiger partial charge < -0.3 is 5.11 Å². The number of sulfonamides is 1. The average molecular weight is 447 g/mol. The van der Waals surface area contributed by atoms with Crippen molar-refractivity contribution >= 4 is 56.9 Å². The highest BCUT2D eigenvalue weighted by molar-refractivity contribution is 8.00. The third kappa shape index (κ3) is 4.22. The van der Waals surface area contributed by atoms with Crippen molar-refractivity contribution < 1.29 is 23.1 Å². The number of carbonyl (C=O) groups is 2. The summed E-state index contributed by atoms with van der Waals surface area (Å²) in [5, 5.41) is 10.0. The summed E-state index contributed by atoms with van der Waals surface area (Å²) in [7, 11) is -4.19. The van der Waals surface area contributed by atoms with Crippen LogP contribution in [0.25, 0.3) is 0 Å². The van der Waals surface area contributed by atoms with E-state index in [2.05, 4.69) is 4.83 Å². The van der Waals surface area contributed by atoms with Gasteiger partial charge in [0.2, 0.25) is 5.91 Å². The van der Waals surface area contributed by atoms with E-state index < -0.39 is 27.3 Å². The van der Waals surface area contributed by atoms with E-state index >= 15 is 0 Å². The van der Waals surface area contributed by atoms with E-state index in [0.717, 1.165) is 11.1 Å². The fourth-order valence-electron chi connectivity index (χ4n) is 2.43. The summed E-state index contributed by atoms with van der Waals surface area (Å²) >= 11 is 13.3. The maximum Gasteiger partial charge on any atom is 0.335 e. The Kier molecular flexibility index (Phi) is 5.68. The number of hydrogen-bond donors (Lipinski definition) is 2. The number of nitrogens with one attached hydrogen (secondary N) is 1. The second kappa shape index (κ2) is 7.69. The summed E-state index contributed by atoms with van der Waals surface area (Å²) in [5.74, 6) is -1.65. The summed E-state index contributed by atoms with van der Waals surface area (Å²) in [6.45, 7) is 0. The van der Waals surface area contributed by atoms with Gasteiger partial charge in [0.05, 0.1) is 16.2 Å². The molecular weight excluding hydrogens is 435 g/mol. The molecule has 1 atom stereocenters. The number of hydrogen-bond acceptors (Lipinski definition) is 5. The van der Waals surface area contributed by atoms with Gasteiger partial charge in [0.1, 0.15) is 5.37 Å². The molecule has 142 valence electrons. The molecule has 0 spiro atoms. The fraction of sp³-hybridized carbons (Fsp3) is 0.125. The molecule has 2 aromatic rings. The van der Waals surface area contributed by atoms with Crippen LogP contribution in [0.4, 0.5) is 0 Å². The molecule has 2 N–H and O–H groups in total. The maximum atomic E-state index is 12.7. The Balaban J connectivity index is 1.93. The zero-order valence-corrected chi connectivity index (χ0v) is 16.6. The summed E-state index contributed by atoms with van der Waals surface area (Å²) in [5.41, 5.74) is 0.344. The van der Waals surface area contributed by atoms with Crippen molar-refractivity contribution in [2.24, 2.45) is 0 Å². The topological polar surface area (TPSA) is 104 Å². The standard InChI is InChI=1S/C16H12Cl2N2O5S2/c17-10-4-5-12(13(18)7-10)15-20(14(21)8-26-15)19-27(24,25)11-3-1-2-9(6-11)16(22)23/h1-7,15,19H,8H2,(H,22,23). The normalized spacial score (nSPS) is 17.3. The molecule has 11 heteroatoms. The number of amides is 1. The van der Waals surface area contributed by atoms with Crippen molar-refractivity contribution in [3.8, 4) is 0 Å². The van der Waals surface area contributed by atoms with Crippen molar-refractivity contribution in [3.63, 3.8) is 0 Å². The van der Waals surface area contributed by atoms with Gasteiger partial charge in [-0.3, -0.25) is 4.79 Å². The van der Waals surface area contributed by atoms with E-state index in [1.807, 2.05) is 0 Å². The van der Waals surface area contributed by atoms with Gasteiger partial charge in [0.25, 0.3) is 10.0 Å². The van der Waals surface area contributed by atoms with Gasteiger partial charge in [-0.1, -0.05) is 35.3 Å².